The minimum atomic E-state index is -0.327. The van der Waals surface area contributed by atoms with Gasteiger partial charge in [-0.2, -0.15) is 0 Å². The van der Waals surface area contributed by atoms with Gasteiger partial charge in [0.2, 0.25) is 0 Å². The Bertz CT molecular complexity index is 367. The van der Waals surface area contributed by atoms with Crippen molar-refractivity contribution in [3.05, 3.63) is 30.1 Å². The predicted octanol–water partition coefficient (Wildman–Crippen LogP) is 2.14. The number of pyridine rings is 1. The third kappa shape index (κ3) is 2.07. The van der Waals surface area contributed by atoms with E-state index in [2.05, 4.69) is 4.98 Å². The second kappa shape index (κ2) is 3.42. The minimum Gasteiger partial charge on any atom is -0.356 e. The monoisotopic (exact) mass is 205 g/mol. The van der Waals surface area contributed by atoms with Gasteiger partial charge in [-0.3, -0.25) is 9.78 Å². The number of epoxide rings is 1. The van der Waals surface area contributed by atoms with Crippen LogP contribution in [0, 0.1) is 5.41 Å². The molecule has 0 N–H and O–H groups in total. The second-order valence-electron chi connectivity index (χ2n) is 4.87. The van der Waals surface area contributed by atoms with Gasteiger partial charge in [0.25, 0.3) is 0 Å². The van der Waals surface area contributed by atoms with Crippen LogP contribution >= 0.6 is 0 Å². The van der Waals surface area contributed by atoms with Crippen LogP contribution in [0.1, 0.15) is 32.4 Å². The molecule has 2 rings (SSSR count). The lowest BCUT2D eigenvalue weighted by atomic mass is 9.87. The molecule has 0 spiro atoms. The molecule has 1 fully saturated rings. The highest BCUT2D eigenvalue weighted by Crippen LogP contribution is 2.42. The van der Waals surface area contributed by atoms with E-state index in [0.29, 0.717) is 0 Å². The average molecular weight is 205 g/mol. The molecule has 0 unspecified atom stereocenters. The fraction of sp³-hybridized carbons (Fsp3) is 0.500. The van der Waals surface area contributed by atoms with Crippen molar-refractivity contribution in [3.8, 4) is 0 Å². The topological polar surface area (TPSA) is 42.5 Å². The molecular weight excluding hydrogens is 190 g/mol. The fourth-order valence-electron chi connectivity index (χ4n) is 1.55. The zero-order valence-corrected chi connectivity index (χ0v) is 9.23. The number of carbonyl (C=O) groups is 1. The molecule has 3 nitrogen and oxygen atoms in total. The Morgan fingerprint density at radius 1 is 1.33 bits per heavy atom. The molecule has 0 radical (unpaired) electrons. The number of ketones is 1. The van der Waals surface area contributed by atoms with E-state index in [4.69, 9.17) is 4.74 Å². The molecule has 1 aromatic heterocycles. The molecule has 1 aromatic rings. The summed E-state index contributed by atoms with van der Waals surface area (Å²) in [4.78, 5) is 15.8. The molecule has 0 saturated carbocycles. The minimum absolute atomic E-state index is 0.0558. The first-order valence-corrected chi connectivity index (χ1v) is 5.10. The van der Waals surface area contributed by atoms with E-state index in [1.54, 1.807) is 12.4 Å². The molecule has 3 heteroatoms. The van der Waals surface area contributed by atoms with Crippen molar-refractivity contribution in [3.63, 3.8) is 0 Å². The van der Waals surface area contributed by atoms with Gasteiger partial charge in [0.1, 0.15) is 12.2 Å². The molecule has 15 heavy (non-hydrogen) atoms. The maximum absolute atomic E-state index is 11.9. The van der Waals surface area contributed by atoms with Gasteiger partial charge in [-0.1, -0.05) is 20.8 Å². The molecule has 1 aliphatic heterocycles. The van der Waals surface area contributed by atoms with Gasteiger partial charge in [0, 0.05) is 17.8 Å². The number of carbonyl (C=O) groups excluding carboxylic acids is 1. The van der Waals surface area contributed by atoms with Crippen LogP contribution in [0.4, 0.5) is 0 Å². The quantitative estimate of drug-likeness (QED) is 0.695. The molecule has 1 aliphatic rings. The first kappa shape index (κ1) is 10.3. The van der Waals surface area contributed by atoms with Gasteiger partial charge in [-0.05, 0) is 17.7 Å². The molecule has 2 heterocycles. The number of aromatic nitrogens is 1. The molecule has 0 aliphatic carbocycles. The Balaban J connectivity index is 2.06. The fourth-order valence-corrected chi connectivity index (χ4v) is 1.55. The summed E-state index contributed by atoms with van der Waals surface area (Å²) in [6, 6.07) is 3.78. The summed E-state index contributed by atoms with van der Waals surface area (Å²) in [5.41, 5.74) is 0.708. The molecule has 80 valence electrons. The summed E-state index contributed by atoms with van der Waals surface area (Å²) < 4.78 is 5.41. The number of ether oxygens (including phenoxy) is 1. The van der Waals surface area contributed by atoms with E-state index < -0.39 is 0 Å². The number of hydrogen-bond donors (Lipinski definition) is 0. The number of rotatable bonds is 2. The highest BCUT2D eigenvalue weighted by Gasteiger charge is 2.49. The SMILES string of the molecule is CC(C)(C)C(=O)[C@@H]1O[C@H]1c1ccncc1. The van der Waals surface area contributed by atoms with Crippen molar-refractivity contribution >= 4 is 5.78 Å². The molecular formula is C12H15NO2. The maximum atomic E-state index is 11.9. The number of Topliss-reactive ketones (excluding diaryl/α,β-unsaturated/α-hetero) is 1. The van der Waals surface area contributed by atoms with E-state index in [1.165, 1.54) is 0 Å². The van der Waals surface area contributed by atoms with Crippen LogP contribution < -0.4 is 0 Å². The molecule has 2 atom stereocenters. The zero-order valence-electron chi connectivity index (χ0n) is 9.23. The van der Waals surface area contributed by atoms with Crippen LogP contribution in [0.5, 0.6) is 0 Å². The lowest BCUT2D eigenvalue weighted by Crippen LogP contribution is -2.25. The maximum Gasteiger partial charge on any atom is 0.169 e. The normalized spacial score (nSPS) is 25.0. The standard InChI is InChI=1S/C12H15NO2/c1-12(2,3)11(14)10-9(15-10)8-4-6-13-7-5-8/h4-7,9-10H,1-3H3/t9-,10+/m0/s1. The third-order valence-corrected chi connectivity index (χ3v) is 2.52. The Hall–Kier alpha value is -1.22. The van der Waals surface area contributed by atoms with E-state index >= 15 is 0 Å². The summed E-state index contributed by atoms with van der Waals surface area (Å²) >= 11 is 0. The van der Waals surface area contributed by atoms with Crippen LogP contribution in [-0.2, 0) is 9.53 Å². The van der Waals surface area contributed by atoms with E-state index in [-0.39, 0.29) is 23.4 Å². The van der Waals surface area contributed by atoms with Crippen molar-refractivity contribution in [1.82, 2.24) is 4.98 Å². The van der Waals surface area contributed by atoms with Crippen molar-refractivity contribution in [2.75, 3.05) is 0 Å². The molecule has 0 aromatic carbocycles. The number of nitrogens with zero attached hydrogens (tertiary/aromatic N) is 1. The van der Waals surface area contributed by atoms with Gasteiger partial charge in [-0.25, -0.2) is 0 Å². The molecule has 0 bridgehead atoms. The van der Waals surface area contributed by atoms with Gasteiger partial charge in [-0.15, -0.1) is 0 Å². The lowest BCUT2D eigenvalue weighted by molar-refractivity contribution is -0.127. The smallest absolute Gasteiger partial charge is 0.169 e. The van der Waals surface area contributed by atoms with Crippen LogP contribution in [0.25, 0.3) is 0 Å². The zero-order chi connectivity index (χ0) is 11.1. The largest absolute Gasteiger partial charge is 0.356 e. The van der Waals surface area contributed by atoms with Gasteiger partial charge < -0.3 is 4.74 Å². The van der Waals surface area contributed by atoms with Gasteiger partial charge in [0.15, 0.2) is 5.78 Å². The van der Waals surface area contributed by atoms with Gasteiger partial charge in [0.05, 0.1) is 0 Å². The van der Waals surface area contributed by atoms with E-state index in [1.807, 2.05) is 32.9 Å². The first-order valence-electron chi connectivity index (χ1n) is 5.10. The van der Waals surface area contributed by atoms with Gasteiger partial charge >= 0.3 is 0 Å². The third-order valence-electron chi connectivity index (χ3n) is 2.52. The molecule has 0 amide bonds. The highest BCUT2D eigenvalue weighted by molar-refractivity contribution is 5.90. The predicted molar refractivity (Wildman–Crippen MR) is 56.3 cm³/mol. The number of hydrogen-bond acceptors (Lipinski definition) is 3. The lowest BCUT2D eigenvalue weighted by Gasteiger charge is -2.14. The second-order valence-corrected chi connectivity index (χ2v) is 4.87. The van der Waals surface area contributed by atoms with Crippen molar-refractivity contribution in [2.45, 2.75) is 33.0 Å². The summed E-state index contributed by atoms with van der Waals surface area (Å²) in [5.74, 6) is 0.171. The van der Waals surface area contributed by atoms with Crippen LogP contribution in [0.3, 0.4) is 0 Å². The summed E-state index contributed by atoms with van der Waals surface area (Å²) in [5, 5.41) is 0. The Morgan fingerprint density at radius 2 is 1.93 bits per heavy atom. The van der Waals surface area contributed by atoms with Crippen molar-refractivity contribution in [1.29, 1.82) is 0 Å². The molecule has 1 saturated heterocycles. The Morgan fingerprint density at radius 3 is 2.47 bits per heavy atom. The Labute approximate surface area is 89.5 Å². The van der Waals surface area contributed by atoms with E-state index in [9.17, 15) is 4.79 Å². The summed E-state index contributed by atoms with van der Waals surface area (Å²) in [7, 11) is 0. The average Bonchev–Trinajstić information content (AvgIpc) is 2.96. The summed E-state index contributed by atoms with van der Waals surface area (Å²) in [6.45, 7) is 5.75. The first-order chi connectivity index (χ1) is 7.00. The highest BCUT2D eigenvalue weighted by atomic mass is 16.6. The van der Waals surface area contributed by atoms with E-state index in [0.717, 1.165) is 5.56 Å². The van der Waals surface area contributed by atoms with Crippen LogP contribution in [0.15, 0.2) is 24.5 Å². The summed E-state index contributed by atoms with van der Waals surface area (Å²) in [6.07, 6.45) is 3.12. The van der Waals surface area contributed by atoms with Crippen molar-refractivity contribution < 1.29 is 9.53 Å². The van der Waals surface area contributed by atoms with Crippen LogP contribution in [0.2, 0.25) is 0 Å². The van der Waals surface area contributed by atoms with Crippen LogP contribution in [-0.4, -0.2) is 16.9 Å². The van der Waals surface area contributed by atoms with Crippen molar-refractivity contribution in [2.24, 2.45) is 5.41 Å². The Kier molecular flexibility index (Phi) is 2.35.